The van der Waals surface area contributed by atoms with Gasteiger partial charge in [-0.3, -0.25) is 4.79 Å². The quantitative estimate of drug-likeness (QED) is 0.739. The number of carbonyl (C=O) groups is 1. The van der Waals surface area contributed by atoms with Crippen LogP contribution in [0.4, 0.5) is 0 Å². The number of aliphatic hydroxyl groups excluding tert-OH is 1. The first kappa shape index (κ1) is 14.2. The highest BCUT2D eigenvalue weighted by atomic mass is 32.1. The lowest BCUT2D eigenvalue weighted by Crippen LogP contribution is -2.43. The average molecular weight is 257 g/mol. The van der Waals surface area contributed by atoms with Gasteiger partial charge in [-0.1, -0.05) is 6.92 Å². The molecule has 1 rings (SSSR count). The second-order valence-electron chi connectivity index (χ2n) is 4.41. The molecule has 0 aliphatic rings. The minimum absolute atomic E-state index is 0.0424. The molecule has 1 amide bonds. The fraction of sp³-hybridized carbons (Fsp3) is 0.583. The van der Waals surface area contributed by atoms with E-state index in [0.29, 0.717) is 4.88 Å². The van der Waals surface area contributed by atoms with Crippen LogP contribution in [0, 0.1) is 6.92 Å². The van der Waals surface area contributed by atoms with Crippen LogP contribution < -0.4 is 5.32 Å². The fourth-order valence-corrected chi connectivity index (χ4v) is 2.43. The van der Waals surface area contributed by atoms with Gasteiger partial charge in [0.05, 0.1) is 11.5 Å². The monoisotopic (exact) mass is 257 g/mol. The van der Waals surface area contributed by atoms with E-state index >= 15 is 0 Å². The lowest BCUT2D eigenvalue weighted by atomic mass is 10.1. The van der Waals surface area contributed by atoms with Crippen LogP contribution in [0.5, 0.6) is 0 Å². The first-order chi connectivity index (χ1) is 7.89. The molecule has 0 aliphatic carbocycles. The highest BCUT2D eigenvalue weighted by Gasteiger charge is 2.21. The number of aliphatic hydroxyl groups is 2. The van der Waals surface area contributed by atoms with Crippen molar-refractivity contribution < 1.29 is 15.0 Å². The average Bonchev–Trinajstić information content (AvgIpc) is 2.67. The first-order valence-corrected chi connectivity index (χ1v) is 6.42. The van der Waals surface area contributed by atoms with E-state index < -0.39 is 5.60 Å². The van der Waals surface area contributed by atoms with E-state index in [1.54, 1.807) is 0 Å². The van der Waals surface area contributed by atoms with E-state index in [1.165, 1.54) is 23.1 Å². The van der Waals surface area contributed by atoms with Crippen LogP contribution in [0.3, 0.4) is 0 Å². The summed E-state index contributed by atoms with van der Waals surface area (Å²) in [5, 5.41) is 21.0. The van der Waals surface area contributed by atoms with Crippen LogP contribution in [0.25, 0.3) is 0 Å². The van der Waals surface area contributed by atoms with Crippen LogP contribution in [0.15, 0.2) is 6.07 Å². The zero-order valence-electron chi connectivity index (χ0n) is 10.4. The normalized spacial score (nSPS) is 14.4. The van der Waals surface area contributed by atoms with Gasteiger partial charge in [-0.25, -0.2) is 0 Å². The Labute approximate surface area is 105 Å². The molecule has 0 aromatic carbocycles. The number of nitrogens with one attached hydrogen (secondary N) is 1. The number of thiophene rings is 1. The van der Waals surface area contributed by atoms with Gasteiger partial charge in [0.1, 0.15) is 5.60 Å². The molecule has 0 fully saturated rings. The summed E-state index contributed by atoms with van der Waals surface area (Å²) in [5.41, 5.74) is -0.146. The molecule has 1 atom stereocenters. The van der Waals surface area contributed by atoms with E-state index in [1.807, 2.05) is 13.0 Å². The van der Waals surface area contributed by atoms with Crippen LogP contribution in [-0.2, 0) is 6.42 Å². The van der Waals surface area contributed by atoms with Crippen LogP contribution in [-0.4, -0.2) is 34.9 Å². The van der Waals surface area contributed by atoms with Gasteiger partial charge >= 0.3 is 0 Å². The maximum Gasteiger partial charge on any atom is 0.261 e. The topological polar surface area (TPSA) is 69.6 Å². The molecule has 1 unspecified atom stereocenters. The summed E-state index contributed by atoms with van der Waals surface area (Å²) < 4.78 is 0. The first-order valence-electron chi connectivity index (χ1n) is 5.60. The van der Waals surface area contributed by atoms with Crippen LogP contribution in [0.2, 0.25) is 0 Å². The lowest BCUT2D eigenvalue weighted by Gasteiger charge is -2.20. The smallest absolute Gasteiger partial charge is 0.261 e. The van der Waals surface area contributed by atoms with Gasteiger partial charge in [0.25, 0.3) is 5.91 Å². The SMILES string of the molecule is CCc1sc(C(=O)NCC(C)(O)CO)cc1C. The second-order valence-corrected chi connectivity index (χ2v) is 5.54. The van der Waals surface area contributed by atoms with Crippen molar-refractivity contribution in [2.45, 2.75) is 32.8 Å². The molecule has 0 spiro atoms. The Bertz CT molecular complexity index is 398. The number of carbonyl (C=O) groups excluding carboxylic acids is 1. The van der Waals surface area contributed by atoms with E-state index in [2.05, 4.69) is 12.2 Å². The van der Waals surface area contributed by atoms with Crippen molar-refractivity contribution in [3.8, 4) is 0 Å². The molecule has 0 aliphatic heterocycles. The van der Waals surface area contributed by atoms with Crippen molar-refractivity contribution in [3.63, 3.8) is 0 Å². The minimum Gasteiger partial charge on any atom is -0.393 e. The Balaban J connectivity index is 2.64. The standard InChI is InChI=1S/C12H19NO3S/c1-4-9-8(2)5-10(17-9)11(15)13-6-12(3,16)7-14/h5,14,16H,4,6-7H2,1-3H3,(H,13,15). The van der Waals surface area contributed by atoms with E-state index in [9.17, 15) is 9.90 Å². The predicted molar refractivity (Wildman–Crippen MR) is 68.5 cm³/mol. The summed E-state index contributed by atoms with van der Waals surface area (Å²) in [6.45, 7) is 5.18. The molecule has 0 radical (unpaired) electrons. The van der Waals surface area contributed by atoms with Gasteiger partial charge in [0.15, 0.2) is 0 Å². The molecule has 4 nitrogen and oxygen atoms in total. The van der Waals surface area contributed by atoms with Gasteiger partial charge in [-0.15, -0.1) is 11.3 Å². The number of rotatable bonds is 5. The maximum atomic E-state index is 11.8. The Morgan fingerprint density at radius 2 is 2.24 bits per heavy atom. The molecule has 1 heterocycles. The van der Waals surface area contributed by atoms with E-state index in [-0.39, 0.29) is 19.1 Å². The molecule has 0 saturated heterocycles. The Kier molecular flexibility index (Phi) is 4.68. The molecule has 5 heteroatoms. The maximum absolute atomic E-state index is 11.8. The van der Waals surface area contributed by atoms with Crippen molar-refractivity contribution >= 4 is 17.2 Å². The zero-order valence-corrected chi connectivity index (χ0v) is 11.2. The summed E-state index contributed by atoms with van der Waals surface area (Å²) >= 11 is 1.47. The third-order valence-electron chi connectivity index (χ3n) is 2.54. The van der Waals surface area contributed by atoms with Crippen molar-refractivity contribution in [2.75, 3.05) is 13.2 Å². The van der Waals surface area contributed by atoms with Crippen molar-refractivity contribution in [1.29, 1.82) is 0 Å². The summed E-state index contributed by atoms with van der Waals surface area (Å²) in [6.07, 6.45) is 0.915. The van der Waals surface area contributed by atoms with Crippen LogP contribution >= 0.6 is 11.3 Å². The zero-order chi connectivity index (χ0) is 13.1. The lowest BCUT2D eigenvalue weighted by molar-refractivity contribution is 0.00323. The summed E-state index contributed by atoms with van der Waals surface area (Å²) in [4.78, 5) is 13.6. The highest BCUT2D eigenvalue weighted by Crippen LogP contribution is 2.22. The van der Waals surface area contributed by atoms with E-state index in [4.69, 9.17) is 5.11 Å². The molecular formula is C12H19NO3S. The largest absolute Gasteiger partial charge is 0.393 e. The summed E-state index contributed by atoms with van der Waals surface area (Å²) in [5.74, 6) is -0.202. The van der Waals surface area contributed by atoms with Gasteiger partial charge in [-0.2, -0.15) is 0 Å². The molecule has 0 bridgehead atoms. The number of aryl methyl sites for hydroxylation is 2. The van der Waals surface area contributed by atoms with Gasteiger partial charge < -0.3 is 15.5 Å². The highest BCUT2D eigenvalue weighted by molar-refractivity contribution is 7.14. The molecule has 3 N–H and O–H groups in total. The van der Waals surface area contributed by atoms with Gasteiger partial charge in [0.2, 0.25) is 0 Å². The number of hydrogen-bond donors (Lipinski definition) is 3. The Morgan fingerprint density at radius 3 is 2.71 bits per heavy atom. The van der Waals surface area contributed by atoms with Crippen molar-refractivity contribution in [2.24, 2.45) is 0 Å². The third-order valence-corrected chi connectivity index (χ3v) is 3.92. The molecular weight excluding hydrogens is 238 g/mol. The van der Waals surface area contributed by atoms with Crippen LogP contribution in [0.1, 0.15) is 34.0 Å². The predicted octanol–water partition coefficient (Wildman–Crippen LogP) is 1.09. The third kappa shape index (κ3) is 3.80. The summed E-state index contributed by atoms with van der Waals surface area (Å²) in [7, 11) is 0. The van der Waals surface area contributed by atoms with Crippen molar-refractivity contribution in [1.82, 2.24) is 5.32 Å². The molecule has 1 aromatic heterocycles. The van der Waals surface area contributed by atoms with Crippen molar-refractivity contribution in [3.05, 3.63) is 21.4 Å². The molecule has 96 valence electrons. The van der Waals surface area contributed by atoms with Gasteiger partial charge in [0, 0.05) is 11.4 Å². The van der Waals surface area contributed by atoms with E-state index in [0.717, 1.165) is 12.0 Å². The Morgan fingerprint density at radius 1 is 1.59 bits per heavy atom. The Hall–Kier alpha value is -0.910. The molecule has 17 heavy (non-hydrogen) atoms. The summed E-state index contributed by atoms with van der Waals surface area (Å²) in [6, 6.07) is 1.85. The number of hydrogen-bond acceptors (Lipinski definition) is 4. The van der Waals surface area contributed by atoms with Gasteiger partial charge in [-0.05, 0) is 31.9 Å². The minimum atomic E-state index is -1.27. The fourth-order valence-electron chi connectivity index (χ4n) is 1.40. The number of amides is 1. The molecule has 0 saturated carbocycles. The second kappa shape index (κ2) is 5.62. The molecule has 1 aromatic rings.